The molecule has 0 atom stereocenters. The SMILES string of the molecule is CCNCCN(C)c1ccc(OC)cc1. The molecule has 1 N–H and O–H groups in total. The molecule has 0 bridgehead atoms. The first-order valence-electron chi connectivity index (χ1n) is 5.34. The number of rotatable bonds is 6. The van der Waals surface area contributed by atoms with Gasteiger partial charge in [-0.2, -0.15) is 0 Å². The first-order valence-corrected chi connectivity index (χ1v) is 5.34. The lowest BCUT2D eigenvalue weighted by atomic mass is 10.3. The fraction of sp³-hybridized carbons (Fsp3) is 0.500. The summed E-state index contributed by atoms with van der Waals surface area (Å²) in [6, 6.07) is 8.12. The lowest BCUT2D eigenvalue weighted by molar-refractivity contribution is 0.415. The third-order valence-electron chi connectivity index (χ3n) is 2.39. The van der Waals surface area contributed by atoms with Crippen LogP contribution >= 0.6 is 0 Å². The number of anilines is 1. The van der Waals surface area contributed by atoms with Crippen LogP contribution < -0.4 is 15.0 Å². The lowest BCUT2D eigenvalue weighted by Crippen LogP contribution is -2.28. The zero-order chi connectivity index (χ0) is 11.1. The maximum Gasteiger partial charge on any atom is 0.119 e. The van der Waals surface area contributed by atoms with Crippen LogP contribution in [0.3, 0.4) is 0 Å². The maximum absolute atomic E-state index is 5.12. The van der Waals surface area contributed by atoms with Gasteiger partial charge in [-0.1, -0.05) is 6.92 Å². The van der Waals surface area contributed by atoms with Crippen molar-refractivity contribution < 1.29 is 4.74 Å². The molecule has 0 saturated heterocycles. The Labute approximate surface area is 92.0 Å². The van der Waals surface area contributed by atoms with Gasteiger partial charge >= 0.3 is 0 Å². The van der Waals surface area contributed by atoms with Gasteiger partial charge in [-0.05, 0) is 30.8 Å². The van der Waals surface area contributed by atoms with Crippen molar-refractivity contribution in [3.8, 4) is 5.75 Å². The molecule has 0 aromatic heterocycles. The van der Waals surface area contributed by atoms with E-state index >= 15 is 0 Å². The molecule has 0 aliphatic heterocycles. The summed E-state index contributed by atoms with van der Waals surface area (Å²) in [5.74, 6) is 0.902. The molecule has 0 aliphatic rings. The number of hydrogen-bond donors (Lipinski definition) is 1. The van der Waals surface area contributed by atoms with Crippen molar-refractivity contribution in [1.82, 2.24) is 5.32 Å². The van der Waals surface area contributed by atoms with Gasteiger partial charge in [0.1, 0.15) is 5.75 Å². The third kappa shape index (κ3) is 3.80. The second-order valence-corrected chi connectivity index (χ2v) is 3.47. The van der Waals surface area contributed by atoms with E-state index in [9.17, 15) is 0 Å². The van der Waals surface area contributed by atoms with E-state index in [0.717, 1.165) is 25.4 Å². The molecule has 15 heavy (non-hydrogen) atoms. The zero-order valence-electron chi connectivity index (χ0n) is 9.79. The fourth-order valence-corrected chi connectivity index (χ4v) is 1.39. The molecule has 84 valence electrons. The number of ether oxygens (including phenoxy) is 1. The van der Waals surface area contributed by atoms with Gasteiger partial charge in [0.25, 0.3) is 0 Å². The molecular formula is C12H20N2O. The summed E-state index contributed by atoms with van der Waals surface area (Å²) in [6.07, 6.45) is 0. The van der Waals surface area contributed by atoms with Crippen LogP contribution in [0.25, 0.3) is 0 Å². The van der Waals surface area contributed by atoms with E-state index in [1.54, 1.807) is 7.11 Å². The molecule has 3 nitrogen and oxygen atoms in total. The minimum atomic E-state index is 0.902. The van der Waals surface area contributed by atoms with Gasteiger partial charge in [0.05, 0.1) is 7.11 Å². The van der Waals surface area contributed by atoms with Crippen molar-refractivity contribution in [2.24, 2.45) is 0 Å². The molecule has 0 heterocycles. The molecule has 1 aromatic carbocycles. The lowest BCUT2D eigenvalue weighted by Gasteiger charge is -2.19. The normalized spacial score (nSPS) is 10.1. The Bertz CT molecular complexity index is 271. The molecule has 0 unspecified atom stereocenters. The van der Waals surface area contributed by atoms with Gasteiger partial charge in [0, 0.05) is 25.8 Å². The Morgan fingerprint density at radius 2 is 1.93 bits per heavy atom. The maximum atomic E-state index is 5.12. The summed E-state index contributed by atoms with van der Waals surface area (Å²) in [4.78, 5) is 2.22. The predicted octanol–water partition coefficient (Wildman–Crippen LogP) is 1.74. The quantitative estimate of drug-likeness (QED) is 0.721. The highest BCUT2D eigenvalue weighted by Crippen LogP contribution is 2.17. The molecule has 0 amide bonds. The highest BCUT2D eigenvalue weighted by Gasteiger charge is 1.99. The molecule has 3 heteroatoms. The minimum Gasteiger partial charge on any atom is -0.497 e. The zero-order valence-corrected chi connectivity index (χ0v) is 9.79. The monoisotopic (exact) mass is 208 g/mol. The van der Waals surface area contributed by atoms with E-state index in [0.29, 0.717) is 0 Å². The predicted molar refractivity (Wildman–Crippen MR) is 64.8 cm³/mol. The van der Waals surface area contributed by atoms with Gasteiger partial charge < -0.3 is 15.0 Å². The first kappa shape index (κ1) is 11.9. The molecule has 1 rings (SSSR count). The number of nitrogens with one attached hydrogen (secondary N) is 1. The van der Waals surface area contributed by atoms with Crippen LogP contribution in [0.4, 0.5) is 5.69 Å². The highest BCUT2D eigenvalue weighted by molar-refractivity contribution is 5.48. The van der Waals surface area contributed by atoms with E-state index in [2.05, 4.69) is 36.3 Å². The Kier molecular flexibility index (Phi) is 4.98. The van der Waals surface area contributed by atoms with E-state index in [1.165, 1.54) is 5.69 Å². The van der Waals surface area contributed by atoms with Gasteiger partial charge in [-0.15, -0.1) is 0 Å². The van der Waals surface area contributed by atoms with E-state index in [4.69, 9.17) is 4.74 Å². The van der Waals surface area contributed by atoms with E-state index in [-0.39, 0.29) is 0 Å². The van der Waals surface area contributed by atoms with Crippen molar-refractivity contribution in [3.63, 3.8) is 0 Å². The van der Waals surface area contributed by atoms with E-state index < -0.39 is 0 Å². The Morgan fingerprint density at radius 1 is 1.27 bits per heavy atom. The summed E-state index contributed by atoms with van der Waals surface area (Å²) in [5, 5.41) is 3.31. The van der Waals surface area contributed by atoms with Gasteiger partial charge in [-0.25, -0.2) is 0 Å². The Hall–Kier alpha value is -1.22. The minimum absolute atomic E-state index is 0.902. The van der Waals surface area contributed by atoms with Crippen LogP contribution in [0.15, 0.2) is 24.3 Å². The summed E-state index contributed by atoms with van der Waals surface area (Å²) < 4.78 is 5.12. The number of likely N-dealkylation sites (N-methyl/N-ethyl adjacent to an activating group) is 2. The van der Waals surface area contributed by atoms with Gasteiger partial charge in [0.2, 0.25) is 0 Å². The number of nitrogens with zero attached hydrogens (tertiary/aromatic N) is 1. The third-order valence-corrected chi connectivity index (χ3v) is 2.39. The van der Waals surface area contributed by atoms with Crippen molar-refractivity contribution in [2.75, 3.05) is 38.7 Å². The molecule has 1 aromatic rings. The van der Waals surface area contributed by atoms with Crippen molar-refractivity contribution in [1.29, 1.82) is 0 Å². The van der Waals surface area contributed by atoms with Crippen LogP contribution in [0.2, 0.25) is 0 Å². The molecular weight excluding hydrogens is 188 g/mol. The van der Waals surface area contributed by atoms with Crippen molar-refractivity contribution >= 4 is 5.69 Å². The molecule has 0 fully saturated rings. The summed E-state index contributed by atoms with van der Waals surface area (Å²) >= 11 is 0. The second kappa shape index (κ2) is 6.30. The number of hydrogen-bond acceptors (Lipinski definition) is 3. The number of benzene rings is 1. The van der Waals surface area contributed by atoms with Crippen LogP contribution in [0, 0.1) is 0 Å². The smallest absolute Gasteiger partial charge is 0.119 e. The fourth-order valence-electron chi connectivity index (χ4n) is 1.39. The van der Waals surface area contributed by atoms with Crippen LogP contribution in [0.5, 0.6) is 5.75 Å². The average molecular weight is 208 g/mol. The van der Waals surface area contributed by atoms with Crippen molar-refractivity contribution in [2.45, 2.75) is 6.92 Å². The Morgan fingerprint density at radius 3 is 2.47 bits per heavy atom. The first-order chi connectivity index (χ1) is 7.27. The molecule has 0 radical (unpaired) electrons. The van der Waals surface area contributed by atoms with Gasteiger partial charge in [-0.3, -0.25) is 0 Å². The van der Waals surface area contributed by atoms with Gasteiger partial charge in [0.15, 0.2) is 0 Å². The summed E-state index contributed by atoms with van der Waals surface area (Å²) in [6.45, 7) is 5.17. The molecule has 0 aliphatic carbocycles. The standard InChI is InChI=1S/C12H20N2O/c1-4-13-9-10-14(2)11-5-7-12(15-3)8-6-11/h5-8,13H,4,9-10H2,1-3H3. The summed E-state index contributed by atoms with van der Waals surface area (Å²) in [5.41, 5.74) is 1.22. The molecule has 0 spiro atoms. The second-order valence-electron chi connectivity index (χ2n) is 3.47. The average Bonchev–Trinajstić information content (AvgIpc) is 2.29. The highest BCUT2D eigenvalue weighted by atomic mass is 16.5. The van der Waals surface area contributed by atoms with E-state index in [1.807, 2.05) is 12.1 Å². The number of methoxy groups -OCH3 is 1. The summed E-state index contributed by atoms with van der Waals surface area (Å²) in [7, 11) is 3.78. The topological polar surface area (TPSA) is 24.5 Å². The van der Waals surface area contributed by atoms with Crippen LogP contribution in [0.1, 0.15) is 6.92 Å². The largest absolute Gasteiger partial charge is 0.497 e. The van der Waals surface area contributed by atoms with Crippen molar-refractivity contribution in [3.05, 3.63) is 24.3 Å². The van der Waals surface area contributed by atoms with Crippen LogP contribution in [-0.4, -0.2) is 33.8 Å². The Balaban J connectivity index is 2.46. The molecule has 0 saturated carbocycles. The van der Waals surface area contributed by atoms with Crippen LogP contribution in [-0.2, 0) is 0 Å².